The van der Waals surface area contributed by atoms with E-state index in [0.29, 0.717) is 22.7 Å². The second-order valence-corrected chi connectivity index (χ2v) is 13.0. The van der Waals surface area contributed by atoms with Gasteiger partial charge in [-0.3, -0.25) is 29.5 Å². The van der Waals surface area contributed by atoms with Gasteiger partial charge in [-0.15, -0.1) is 0 Å². The van der Waals surface area contributed by atoms with E-state index in [1.165, 1.54) is 24.3 Å². The highest BCUT2D eigenvalue weighted by atomic mass is 32.2. The van der Waals surface area contributed by atoms with Gasteiger partial charge in [-0.25, -0.2) is 0 Å². The van der Waals surface area contributed by atoms with E-state index < -0.39 is 53.0 Å². The van der Waals surface area contributed by atoms with Crippen LogP contribution in [0.2, 0.25) is 0 Å². The summed E-state index contributed by atoms with van der Waals surface area (Å²) < 4.78 is 68.8. The Morgan fingerprint density at radius 1 is 0.511 bits per heavy atom. The topological polar surface area (TPSA) is 204 Å². The second kappa shape index (κ2) is 12.2. The molecule has 0 bridgehead atoms. The molecule has 0 fully saturated rings. The number of hydrazone groups is 2. The monoisotopic (exact) mass is 669 g/mol. The first-order valence-corrected chi connectivity index (χ1v) is 16.6. The molecule has 0 radical (unpaired) electrons. The van der Waals surface area contributed by atoms with Crippen molar-refractivity contribution in [3.05, 3.63) is 129 Å². The van der Waals surface area contributed by atoms with Crippen LogP contribution in [0.3, 0.4) is 0 Å². The summed E-state index contributed by atoms with van der Waals surface area (Å²) in [4.78, 5) is 25.2. The number of nitrogens with one attached hydrogen (secondary N) is 3. The minimum Gasteiger partial charge on any atom is -0.355 e. The first-order valence-electron chi connectivity index (χ1n) is 13.7. The number of ketones is 2. The zero-order chi connectivity index (χ0) is 33.3. The average molecular weight is 670 g/mol. The Hall–Kier alpha value is -5.74. The van der Waals surface area contributed by atoms with Crippen molar-refractivity contribution < 1.29 is 35.5 Å². The molecule has 0 amide bonds. The molecule has 0 aromatic heterocycles. The third-order valence-corrected chi connectivity index (χ3v) is 8.78. The van der Waals surface area contributed by atoms with Crippen LogP contribution in [0.5, 0.6) is 0 Å². The zero-order valence-electron chi connectivity index (χ0n) is 23.9. The number of allylic oxidation sites excluding steroid dienone is 2. The van der Waals surface area contributed by atoms with Gasteiger partial charge in [0.15, 0.2) is 11.4 Å². The molecule has 4 aromatic carbocycles. The van der Waals surface area contributed by atoms with E-state index >= 15 is 0 Å². The van der Waals surface area contributed by atoms with E-state index in [4.69, 9.17) is 0 Å². The standard InChI is InChI=1S/C32H23N5O8S2/c38-31-25-13-11-23(15-19(25)17-27(46(40,41)42)29(31)36-34-21-7-3-1-4-8-21)33-24-12-14-26-20(16-24)18-28(47(43,44)45)30(32(26)39)37-35-22-9-5-2-6-10-22/h1-18,33-35H,(H,40,41,42)(H,43,44,45). The maximum absolute atomic E-state index is 13.3. The summed E-state index contributed by atoms with van der Waals surface area (Å²) in [6.07, 6.45) is 2.25. The van der Waals surface area contributed by atoms with Crippen molar-refractivity contribution >= 4 is 78.1 Å². The van der Waals surface area contributed by atoms with E-state index in [0.717, 1.165) is 12.2 Å². The van der Waals surface area contributed by atoms with Crippen LogP contribution in [0.4, 0.5) is 22.7 Å². The summed E-state index contributed by atoms with van der Waals surface area (Å²) in [5.74, 6) is -1.47. The Kier molecular flexibility index (Phi) is 8.13. The second-order valence-electron chi connectivity index (χ2n) is 10.2. The number of nitrogens with zero attached hydrogens (tertiary/aromatic N) is 2. The van der Waals surface area contributed by atoms with Gasteiger partial charge in [-0.05, 0) is 83.9 Å². The number of Topliss-reactive ketones (excluding diaryl/α,β-unsaturated/α-hetero) is 2. The number of rotatable bonds is 8. The largest absolute Gasteiger partial charge is 0.355 e. The van der Waals surface area contributed by atoms with Crippen molar-refractivity contribution in [3.8, 4) is 0 Å². The zero-order valence-corrected chi connectivity index (χ0v) is 25.6. The molecule has 0 spiro atoms. The first kappa shape index (κ1) is 31.3. The summed E-state index contributed by atoms with van der Waals surface area (Å²) in [7, 11) is -9.71. The number of carbonyl (C=O) groups excluding carboxylic acids is 2. The molecule has 13 nitrogen and oxygen atoms in total. The highest BCUT2D eigenvalue weighted by Gasteiger charge is 2.34. The van der Waals surface area contributed by atoms with Crippen LogP contribution in [0, 0.1) is 0 Å². The molecular formula is C32H23N5O8S2. The van der Waals surface area contributed by atoms with Gasteiger partial charge < -0.3 is 5.32 Å². The summed E-state index contributed by atoms with van der Waals surface area (Å²) in [5, 5.41) is 11.0. The molecular weight excluding hydrogens is 647 g/mol. The van der Waals surface area contributed by atoms with Crippen LogP contribution in [-0.2, 0) is 20.2 Å². The van der Waals surface area contributed by atoms with E-state index in [9.17, 15) is 35.5 Å². The Morgan fingerprint density at radius 2 is 0.894 bits per heavy atom. The third-order valence-electron chi connectivity index (χ3n) is 7.05. The SMILES string of the molecule is O=C1C(=NNc2ccccc2)C(S(=O)(=O)O)=Cc2cc(Nc3ccc4c(c3)C=C(S(=O)(=O)O)C(=NNc3ccccc3)C4=O)ccc21. The minimum atomic E-state index is -4.86. The molecule has 2 aliphatic carbocycles. The highest BCUT2D eigenvalue weighted by molar-refractivity contribution is 7.91. The molecule has 0 unspecified atom stereocenters. The molecule has 236 valence electrons. The fourth-order valence-electron chi connectivity index (χ4n) is 4.87. The van der Waals surface area contributed by atoms with Crippen molar-refractivity contribution in [2.24, 2.45) is 10.2 Å². The molecule has 0 heterocycles. The van der Waals surface area contributed by atoms with Crippen LogP contribution in [0.25, 0.3) is 12.2 Å². The van der Waals surface area contributed by atoms with Crippen LogP contribution in [0.1, 0.15) is 31.8 Å². The molecule has 4 aromatic rings. The van der Waals surface area contributed by atoms with Gasteiger partial charge in [0.1, 0.15) is 9.81 Å². The number of carbonyl (C=O) groups is 2. The Morgan fingerprint density at radius 3 is 1.26 bits per heavy atom. The van der Waals surface area contributed by atoms with Crippen molar-refractivity contribution in [2.45, 2.75) is 0 Å². The van der Waals surface area contributed by atoms with Gasteiger partial charge in [-0.1, -0.05) is 36.4 Å². The lowest BCUT2D eigenvalue weighted by molar-refractivity contribution is 0.105. The average Bonchev–Trinajstić information content (AvgIpc) is 3.03. The predicted octanol–water partition coefficient (Wildman–Crippen LogP) is 5.22. The smallest absolute Gasteiger partial charge is 0.296 e. The van der Waals surface area contributed by atoms with Gasteiger partial charge in [0.25, 0.3) is 20.2 Å². The van der Waals surface area contributed by atoms with Gasteiger partial charge >= 0.3 is 0 Å². The number of benzene rings is 4. The number of para-hydroxylation sites is 2. The molecule has 0 saturated carbocycles. The van der Waals surface area contributed by atoms with Crippen LogP contribution < -0.4 is 16.2 Å². The van der Waals surface area contributed by atoms with Crippen molar-refractivity contribution in [1.82, 2.24) is 0 Å². The summed E-state index contributed by atoms with van der Waals surface area (Å²) in [6.45, 7) is 0. The number of hydrogen-bond acceptors (Lipinski definition) is 11. The maximum atomic E-state index is 13.3. The Bertz CT molecular complexity index is 2140. The summed E-state index contributed by atoms with van der Waals surface area (Å²) in [6, 6.07) is 26.0. The lowest BCUT2D eigenvalue weighted by atomic mass is 9.93. The molecule has 15 heteroatoms. The quantitative estimate of drug-likeness (QED) is 0.122. The van der Waals surface area contributed by atoms with Crippen molar-refractivity contribution in [1.29, 1.82) is 0 Å². The van der Waals surface area contributed by atoms with Crippen molar-refractivity contribution in [3.63, 3.8) is 0 Å². The van der Waals surface area contributed by atoms with Gasteiger partial charge in [0.05, 0.1) is 11.4 Å². The first-order chi connectivity index (χ1) is 22.4. The fraction of sp³-hybridized carbons (Fsp3) is 0. The summed E-state index contributed by atoms with van der Waals surface area (Å²) >= 11 is 0. The molecule has 0 atom stereocenters. The predicted molar refractivity (Wildman–Crippen MR) is 179 cm³/mol. The van der Waals surface area contributed by atoms with Crippen LogP contribution >= 0.6 is 0 Å². The lowest BCUT2D eigenvalue weighted by Gasteiger charge is -2.19. The Labute approximate surface area is 268 Å². The minimum absolute atomic E-state index is 0.129. The van der Waals surface area contributed by atoms with Gasteiger partial charge in [0, 0.05) is 22.5 Å². The van der Waals surface area contributed by atoms with E-state index in [1.807, 2.05) is 0 Å². The normalized spacial score (nSPS) is 16.2. The van der Waals surface area contributed by atoms with Gasteiger partial charge in [0.2, 0.25) is 11.6 Å². The molecule has 2 aliphatic rings. The van der Waals surface area contributed by atoms with Gasteiger partial charge in [-0.2, -0.15) is 27.0 Å². The van der Waals surface area contributed by atoms with E-state index in [2.05, 4.69) is 26.4 Å². The fourth-order valence-corrected chi connectivity index (χ4v) is 6.19. The summed E-state index contributed by atoms with van der Waals surface area (Å²) in [5.41, 5.74) is 6.64. The van der Waals surface area contributed by atoms with E-state index in [-0.39, 0.29) is 22.3 Å². The van der Waals surface area contributed by atoms with Crippen molar-refractivity contribution in [2.75, 3.05) is 16.2 Å². The number of fused-ring (bicyclic) bond motifs is 2. The molecule has 5 N–H and O–H groups in total. The van der Waals surface area contributed by atoms with E-state index in [1.54, 1.807) is 72.8 Å². The molecule has 0 aliphatic heterocycles. The molecule has 47 heavy (non-hydrogen) atoms. The maximum Gasteiger partial charge on any atom is 0.296 e. The Balaban J connectivity index is 1.31. The van der Waals surface area contributed by atoms with Crippen LogP contribution in [0.15, 0.2) is 117 Å². The number of hydrogen-bond donors (Lipinski definition) is 5. The highest BCUT2D eigenvalue weighted by Crippen LogP contribution is 2.32. The molecule has 6 rings (SSSR count). The molecule has 0 saturated heterocycles. The number of anilines is 4. The third kappa shape index (κ3) is 6.63. The lowest BCUT2D eigenvalue weighted by Crippen LogP contribution is -2.27. The van der Waals surface area contributed by atoms with Crippen LogP contribution in [-0.4, -0.2) is 48.9 Å².